The Kier molecular flexibility index (Phi) is 6.18. The van der Waals surface area contributed by atoms with Crippen LogP contribution in [0, 0.1) is 0 Å². The van der Waals surface area contributed by atoms with E-state index in [0.29, 0.717) is 33.9 Å². The maximum absolute atomic E-state index is 13.1. The number of esters is 1. The number of nitrogens with two attached hydrogens (primary N) is 1. The summed E-state index contributed by atoms with van der Waals surface area (Å²) < 4.78 is 29.8. The van der Waals surface area contributed by atoms with Gasteiger partial charge in [0, 0.05) is 17.6 Å². The summed E-state index contributed by atoms with van der Waals surface area (Å²) in [7, 11) is -3.79. The van der Waals surface area contributed by atoms with E-state index in [-0.39, 0.29) is 17.4 Å². The van der Waals surface area contributed by atoms with Gasteiger partial charge >= 0.3 is 5.97 Å². The summed E-state index contributed by atoms with van der Waals surface area (Å²) in [5.74, 6) is -0.737. The molecule has 3 aromatic rings. The number of amides is 1. The minimum absolute atomic E-state index is 0.0156. The highest BCUT2D eigenvalue weighted by atomic mass is 32.2. The molecule has 0 saturated carbocycles. The van der Waals surface area contributed by atoms with Crippen LogP contribution < -0.4 is 10.1 Å². The first-order valence-corrected chi connectivity index (χ1v) is 11.9. The molecule has 2 aromatic carbocycles. The molecule has 0 fully saturated rings. The number of hydrazone groups is 1. The minimum atomic E-state index is -3.79. The Balaban J connectivity index is 1.60. The average molecular weight is 479 g/mol. The molecular formula is C24H22N4O5S. The molecule has 0 atom stereocenters. The highest BCUT2D eigenvalue weighted by Gasteiger charge is 2.29. The number of anilines is 1. The number of hydrogen-bond donors (Lipinski definition) is 1. The molecule has 0 aliphatic carbocycles. The minimum Gasteiger partial charge on any atom is -0.462 e. The number of benzene rings is 2. The van der Waals surface area contributed by atoms with Crippen molar-refractivity contribution >= 4 is 39.4 Å². The third kappa shape index (κ3) is 4.54. The van der Waals surface area contributed by atoms with Crippen LogP contribution in [0.2, 0.25) is 0 Å². The molecule has 1 aliphatic rings. The second-order valence-corrected chi connectivity index (χ2v) is 9.03. The maximum Gasteiger partial charge on any atom is 0.338 e. The molecule has 0 unspecified atom stereocenters. The summed E-state index contributed by atoms with van der Waals surface area (Å²) in [6.45, 7) is 3.75. The number of primary sulfonamides is 1. The van der Waals surface area contributed by atoms with Gasteiger partial charge < -0.3 is 9.30 Å². The molecule has 0 saturated heterocycles. The molecule has 1 aliphatic heterocycles. The average Bonchev–Trinajstić information content (AvgIpc) is 3.39. The summed E-state index contributed by atoms with van der Waals surface area (Å²) in [5.41, 5.74) is 3.28. The zero-order valence-corrected chi connectivity index (χ0v) is 19.3. The van der Waals surface area contributed by atoms with E-state index in [2.05, 4.69) is 5.10 Å². The highest BCUT2D eigenvalue weighted by molar-refractivity contribution is 7.89. The van der Waals surface area contributed by atoms with E-state index >= 15 is 0 Å². The van der Waals surface area contributed by atoms with E-state index in [1.165, 1.54) is 17.1 Å². The molecule has 1 aromatic heterocycles. The molecule has 1 amide bonds. The van der Waals surface area contributed by atoms with Crippen LogP contribution in [0.5, 0.6) is 0 Å². The second kappa shape index (κ2) is 9.08. The zero-order chi connectivity index (χ0) is 24.5. The Morgan fingerprint density at radius 3 is 2.32 bits per heavy atom. The smallest absolute Gasteiger partial charge is 0.338 e. The lowest BCUT2D eigenvalue weighted by Gasteiger charge is -2.12. The van der Waals surface area contributed by atoms with E-state index in [1.54, 1.807) is 62.5 Å². The molecule has 0 radical (unpaired) electrons. The van der Waals surface area contributed by atoms with Crippen LogP contribution in [0.1, 0.15) is 29.9 Å². The summed E-state index contributed by atoms with van der Waals surface area (Å²) >= 11 is 0. The van der Waals surface area contributed by atoms with E-state index in [0.717, 1.165) is 0 Å². The summed E-state index contributed by atoms with van der Waals surface area (Å²) in [5, 5.41) is 10.8. The van der Waals surface area contributed by atoms with Gasteiger partial charge in [-0.2, -0.15) is 10.1 Å². The lowest BCUT2D eigenvalue weighted by Crippen LogP contribution is -2.21. The molecule has 2 heterocycles. The number of sulfonamides is 1. The highest BCUT2D eigenvalue weighted by Crippen LogP contribution is 2.26. The van der Waals surface area contributed by atoms with Crippen LogP contribution in [0.25, 0.3) is 11.8 Å². The molecule has 9 nitrogen and oxygen atoms in total. The lowest BCUT2D eigenvalue weighted by molar-refractivity contribution is -0.114. The maximum atomic E-state index is 13.1. The standard InChI is InChI=1S/C24H22N4O5S/c1-3-33-24(30)17-6-8-19(9-7-17)28-23(29)22(16(2)26-28)15-20-5-4-14-27(20)18-10-12-21(13-11-18)34(25,31)32/h4-15H,3H2,1-2H3,(H2,25,31,32)/b22-15-. The molecule has 2 N–H and O–H groups in total. The van der Waals surface area contributed by atoms with Crippen LogP contribution in [0.4, 0.5) is 5.69 Å². The Labute approximate surface area is 196 Å². The third-order valence-corrected chi connectivity index (χ3v) is 6.13. The first kappa shape index (κ1) is 23.1. The van der Waals surface area contributed by atoms with Crippen molar-refractivity contribution < 1.29 is 22.7 Å². The predicted molar refractivity (Wildman–Crippen MR) is 128 cm³/mol. The van der Waals surface area contributed by atoms with Crippen molar-refractivity contribution in [3.8, 4) is 5.69 Å². The zero-order valence-electron chi connectivity index (χ0n) is 18.5. The quantitative estimate of drug-likeness (QED) is 0.431. The Morgan fingerprint density at radius 2 is 1.71 bits per heavy atom. The molecule has 34 heavy (non-hydrogen) atoms. The Hall–Kier alpha value is -4.02. The van der Waals surface area contributed by atoms with Crippen molar-refractivity contribution in [3.05, 3.63) is 83.7 Å². The third-order valence-electron chi connectivity index (χ3n) is 5.20. The van der Waals surface area contributed by atoms with Crippen molar-refractivity contribution in [1.82, 2.24) is 4.57 Å². The van der Waals surface area contributed by atoms with Gasteiger partial charge in [-0.05, 0) is 80.6 Å². The fourth-order valence-electron chi connectivity index (χ4n) is 3.50. The van der Waals surface area contributed by atoms with Crippen molar-refractivity contribution in [1.29, 1.82) is 0 Å². The van der Waals surface area contributed by atoms with Crippen molar-refractivity contribution in [2.24, 2.45) is 10.2 Å². The van der Waals surface area contributed by atoms with Gasteiger partial charge in [0.05, 0.1) is 34.0 Å². The first-order valence-electron chi connectivity index (χ1n) is 10.4. The fraction of sp³-hybridized carbons (Fsp3) is 0.125. The van der Waals surface area contributed by atoms with E-state index in [9.17, 15) is 18.0 Å². The molecular weight excluding hydrogens is 456 g/mol. The van der Waals surface area contributed by atoms with E-state index < -0.39 is 16.0 Å². The van der Waals surface area contributed by atoms with Gasteiger partial charge in [0.2, 0.25) is 10.0 Å². The number of rotatable bonds is 6. The molecule has 10 heteroatoms. The van der Waals surface area contributed by atoms with Crippen molar-refractivity contribution in [2.75, 3.05) is 11.6 Å². The number of aromatic nitrogens is 1. The Bertz CT molecular complexity index is 1420. The number of carbonyl (C=O) groups excluding carboxylic acids is 2. The predicted octanol–water partition coefficient (Wildman–Crippen LogP) is 3.11. The fourth-order valence-corrected chi connectivity index (χ4v) is 4.02. The number of nitrogens with zero attached hydrogens (tertiary/aromatic N) is 3. The summed E-state index contributed by atoms with van der Waals surface area (Å²) in [6, 6.07) is 16.2. The molecule has 174 valence electrons. The van der Waals surface area contributed by atoms with Crippen LogP contribution in [0.3, 0.4) is 0 Å². The molecule has 0 spiro atoms. The second-order valence-electron chi connectivity index (χ2n) is 7.47. The first-order chi connectivity index (χ1) is 16.2. The Morgan fingerprint density at radius 1 is 1.06 bits per heavy atom. The lowest BCUT2D eigenvalue weighted by atomic mass is 10.1. The van der Waals surface area contributed by atoms with Crippen LogP contribution in [-0.4, -0.2) is 37.2 Å². The van der Waals surface area contributed by atoms with E-state index in [4.69, 9.17) is 9.88 Å². The van der Waals surface area contributed by atoms with Crippen LogP contribution in [0.15, 0.2) is 82.4 Å². The van der Waals surface area contributed by atoms with Gasteiger partial charge in [0.25, 0.3) is 5.91 Å². The topological polar surface area (TPSA) is 124 Å². The van der Waals surface area contributed by atoms with Gasteiger partial charge in [-0.25, -0.2) is 18.4 Å². The monoisotopic (exact) mass is 478 g/mol. The normalized spacial score (nSPS) is 15.0. The number of hydrogen-bond acceptors (Lipinski definition) is 6. The summed E-state index contributed by atoms with van der Waals surface area (Å²) in [6.07, 6.45) is 3.53. The van der Waals surface area contributed by atoms with Gasteiger partial charge in [-0.15, -0.1) is 0 Å². The molecule has 4 rings (SSSR count). The van der Waals surface area contributed by atoms with Crippen molar-refractivity contribution in [2.45, 2.75) is 18.7 Å². The SMILES string of the molecule is CCOC(=O)c1ccc(N2N=C(C)/C(=C/c3cccn3-c3ccc(S(N)(=O)=O)cc3)C2=O)cc1. The largest absolute Gasteiger partial charge is 0.462 e. The van der Waals surface area contributed by atoms with Crippen LogP contribution in [-0.2, 0) is 19.6 Å². The van der Waals surface area contributed by atoms with Crippen LogP contribution >= 0.6 is 0 Å². The van der Waals surface area contributed by atoms with Gasteiger partial charge in [0.15, 0.2) is 0 Å². The van der Waals surface area contributed by atoms with Crippen molar-refractivity contribution in [3.63, 3.8) is 0 Å². The van der Waals surface area contributed by atoms with Gasteiger partial charge in [0.1, 0.15) is 0 Å². The molecule has 0 bridgehead atoms. The number of ether oxygens (including phenoxy) is 1. The summed E-state index contributed by atoms with van der Waals surface area (Å²) in [4.78, 5) is 25.0. The van der Waals surface area contributed by atoms with Gasteiger partial charge in [-0.1, -0.05) is 0 Å². The van der Waals surface area contributed by atoms with E-state index in [1.807, 2.05) is 16.7 Å². The van der Waals surface area contributed by atoms with Gasteiger partial charge in [-0.3, -0.25) is 4.79 Å². The number of carbonyl (C=O) groups is 2.